The highest BCUT2D eigenvalue weighted by molar-refractivity contribution is 5.71. The van der Waals surface area contributed by atoms with Gasteiger partial charge >= 0.3 is 0 Å². The van der Waals surface area contributed by atoms with Crippen LogP contribution in [0.15, 0.2) is 18.5 Å². The molecule has 0 unspecified atom stereocenters. The van der Waals surface area contributed by atoms with Crippen molar-refractivity contribution in [3.8, 4) is 5.88 Å². The fourth-order valence-electron chi connectivity index (χ4n) is 1.10. The number of methoxy groups -OCH3 is 1. The maximum atomic E-state index is 4.99. The number of imidazole rings is 1. The SMILES string of the molecule is COc1ccc2ncn(C)c2n1. The van der Waals surface area contributed by atoms with E-state index < -0.39 is 0 Å². The van der Waals surface area contributed by atoms with Crippen LogP contribution < -0.4 is 4.74 Å². The van der Waals surface area contributed by atoms with E-state index in [1.165, 1.54) is 0 Å². The van der Waals surface area contributed by atoms with Gasteiger partial charge in [-0.25, -0.2) is 4.98 Å². The smallest absolute Gasteiger partial charge is 0.215 e. The van der Waals surface area contributed by atoms with Crippen LogP contribution in [0.5, 0.6) is 5.88 Å². The molecule has 0 aliphatic rings. The van der Waals surface area contributed by atoms with Gasteiger partial charge in [0.2, 0.25) is 5.88 Å². The summed E-state index contributed by atoms with van der Waals surface area (Å²) in [5.41, 5.74) is 1.73. The van der Waals surface area contributed by atoms with Gasteiger partial charge in [-0.2, -0.15) is 4.98 Å². The fraction of sp³-hybridized carbons (Fsp3) is 0.250. The Hall–Kier alpha value is -1.58. The third kappa shape index (κ3) is 0.922. The molecule has 2 heterocycles. The van der Waals surface area contributed by atoms with E-state index in [1.54, 1.807) is 19.5 Å². The molecule has 0 bridgehead atoms. The van der Waals surface area contributed by atoms with Crippen LogP contribution in [0.4, 0.5) is 0 Å². The monoisotopic (exact) mass is 163 g/mol. The number of aryl methyl sites for hydroxylation is 1. The first kappa shape index (κ1) is 7.09. The number of nitrogens with zero attached hydrogens (tertiary/aromatic N) is 3. The topological polar surface area (TPSA) is 39.9 Å². The van der Waals surface area contributed by atoms with Crippen LogP contribution in [0.3, 0.4) is 0 Å². The first-order chi connectivity index (χ1) is 5.81. The Morgan fingerprint density at radius 3 is 3.00 bits per heavy atom. The number of pyridine rings is 1. The lowest BCUT2D eigenvalue weighted by molar-refractivity contribution is 0.399. The maximum Gasteiger partial charge on any atom is 0.215 e. The van der Waals surface area contributed by atoms with Crippen LogP contribution in [0.2, 0.25) is 0 Å². The normalized spacial score (nSPS) is 10.5. The van der Waals surface area contributed by atoms with Crippen molar-refractivity contribution in [2.45, 2.75) is 0 Å². The molecule has 2 rings (SSSR count). The molecular weight excluding hydrogens is 154 g/mol. The molecule has 4 heteroatoms. The lowest BCUT2D eigenvalue weighted by atomic mass is 10.4. The van der Waals surface area contributed by atoms with Gasteiger partial charge in [0.05, 0.1) is 13.4 Å². The van der Waals surface area contributed by atoms with Crippen molar-refractivity contribution in [1.82, 2.24) is 14.5 Å². The van der Waals surface area contributed by atoms with E-state index in [0.29, 0.717) is 5.88 Å². The number of aromatic nitrogens is 3. The summed E-state index contributed by atoms with van der Waals surface area (Å²) in [7, 11) is 3.51. The summed E-state index contributed by atoms with van der Waals surface area (Å²) in [6, 6.07) is 3.69. The van der Waals surface area contributed by atoms with E-state index in [0.717, 1.165) is 11.2 Å². The molecule has 4 nitrogen and oxygen atoms in total. The van der Waals surface area contributed by atoms with Crippen LogP contribution in [0.25, 0.3) is 11.2 Å². The molecule has 62 valence electrons. The summed E-state index contributed by atoms with van der Waals surface area (Å²) in [6.45, 7) is 0. The second kappa shape index (κ2) is 2.48. The average molecular weight is 163 g/mol. The van der Waals surface area contributed by atoms with Crippen LogP contribution in [-0.2, 0) is 7.05 Å². The highest BCUT2D eigenvalue weighted by Crippen LogP contribution is 2.13. The van der Waals surface area contributed by atoms with E-state index in [-0.39, 0.29) is 0 Å². The van der Waals surface area contributed by atoms with Gasteiger partial charge in [0, 0.05) is 13.1 Å². The Bertz CT molecular complexity index is 408. The molecule has 0 radical (unpaired) electrons. The number of fused-ring (bicyclic) bond motifs is 1. The van der Waals surface area contributed by atoms with Crippen molar-refractivity contribution in [2.24, 2.45) is 7.05 Å². The number of hydrogen-bond donors (Lipinski definition) is 0. The molecule has 0 atom stereocenters. The van der Waals surface area contributed by atoms with Crippen LogP contribution in [0.1, 0.15) is 0 Å². The van der Waals surface area contributed by atoms with E-state index in [2.05, 4.69) is 9.97 Å². The summed E-state index contributed by atoms with van der Waals surface area (Å²) >= 11 is 0. The van der Waals surface area contributed by atoms with Gasteiger partial charge in [-0.15, -0.1) is 0 Å². The molecule has 12 heavy (non-hydrogen) atoms. The predicted octanol–water partition coefficient (Wildman–Crippen LogP) is 0.977. The minimum Gasteiger partial charge on any atom is -0.481 e. The number of rotatable bonds is 1. The summed E-state index contributed by atoms with van der Waals surface area (Å²) in [6.07, 6.45) is 1.73. The van der Waals surface area contributed by atoms with E-state index in [9.17, 15) is 0 Å². The largest absolute Gasteiger partial charge is 0.481 e. The van der Waals surface area contributed by atoms with Crippen LogP contribution in [0, 0.1) is 0 Å². The van der Waals surface area contributed by atoms with Crippen LogP contribution >= 0.6 is 0 Å². The van der Waals surface area contributed by atoms with E-state index >= 15 is 0 Å². The number of hydrogen-bond acceptors (Lipinski definition) is 3. The minimum absolute atomic E-state index is 0.617. The predicted molar refractivity (Wildman–Crippen MR) is 45.1 cm³/mol. The Balaban J connectivity index is 2.71. The first-order valence-corrected chi connectivity index (χ1v) is 3.63. The van der Waals surface area contributed by atoms with Crippen molar-refractivity contribution >= 4 is 11.2 Å². The van der Waals surface area contributed by atoms with Gasteiger partial charge in [-0.1, -0.05) is 0 Å². The van der Waals surface area contributed by atoms with E-state index in [1.807, 2.05) is 17.7 Å². The third-order valence-corrected chi connectivity index (χ3v) is 1.74. The summed E-state index contributed by atoms with van der Waals surface area (Å²) in [5, 5.41) is 0. The zero-order valence-electron chi connectivity index (χ0n) is 6.98. The molecule has 0 aromatic carbocycles. The molecule has 0 aliphatic carbocycles. The van der Waals surface area contributed by atoms with Crippen LogP contribution in [-0.4, -0.2) is 21.6 Å². The quantitative estimate of drug-likeness (QED) is 0.629. The van der Waals surface area contributed by atoms with Crippen molar-refractivity contribution in [1.29, 1.82) is 0 Å². The van der Waals surface area contributed by atoms with E-state index in [4.69, 9.17) is 4.74 Å². The third-order valence-electron chi connectivity index (χ3n) is 1.74. The summed E-state index contributed by atoms with van der Waals surface area (Å²) in [5.74, 6) is 0.617. The van der Waals surface area contributed by atoms with Gasteiger partial charge in [0.25, 0.3) is 0 Å². The van der Waals surface area contributed by atoms with Crippen molar-refractivity contribution in [3.05, 3.63) is 18.5 Å². The average Bonchev–Trinajstić information content (AvgIpc) is 2.47. The lowest BCUT2D eigenvalue weighted by Gasteiger charge is -1.97. The Morgan fingerprint density at radius 1 is 1.42 bits per heavy atom. The van der Waals surface area contributed by atoms with Gasteiger partial charge in [0.15, 0.2) is 5.65 Å². The van der Waals surface area contributed by atoms with Crippen molar-refractivity contribution in [2.75, 3.05) is 7.11 Å². The zero-order valence-corrected chi connectivity index (χ0v) is 6.98. The second-order valence-electron chi connectivity index (χ2n) is 2.55. The molecule has 0 spiro atoms. The van der Waals surface area contributed by atoms with Gasteiger partial charge in [-0.05, 0) is 6.07 Å². The molecule has 0 amide bonds. The Morgan fingerprint density at radius 2 is 2.25 bits per heavy atom. The highest BCUT2D eigenvalue weighted by Gasteiger charge is 2.01. The summed E-state index contributed by atoms with van der Waals surface area (Å²) in [4.78, 5) is 8.37. The van der Waals surface area contributed by atoms with Gasteiger partial charge < -0.3 is 9.30 Å². The molecule has 0 saturated carbocycles. The number of ether oxygens (including phenoxy) is 1. The minimum atomic E-state index is 0.617. The Labute approximate surface area is 69.8 Å². The standard InChI is InChI=1S/C8H9N3O/c1-11-5-9-6-3-4-7(12-2)10-8(6)11/h3-5H,1-2H3. The van der Waals surface area contributed by atoms with Gasteiger partial charge in [0.1, 0.15) is 5.52 Å². The Kier molecular flexibility index (Phi) is 1.46. The van der Waals surface area contributed by atoms with Crippen molar-refractivity contribution in [3.63, 3.8) is 0 Å². The molecule has 0 fully saturated rings. The lowest BCUT2D eigenvalue weighted by Crippen LogP contribution is -1.91. The van der Waals surface area contributed by atoms with Gasteiger partial charge in [-0.3, -0.25) is 0 Å². The first-order valence-electron chi connectivity index (χ1n) is 3.63. The molecule has 2 aromatic heterocycles. The van der Waals surface area contributed by atoms with Crippen molar-refractivity contribution < 1.29 is 4.74 Å². The molecule has 0 N–H and O–H groups in total. The highest BCUT2D eigenvalue weighted by atomic mass is 16.5. The zero-order chi connectivity index (χ0) is 8.55. The molecule has 0 aliphatic heterocycles. The maximum absolute atomic E-state index is 4.99. The molecule has 0 saturated heterocycles. The summed E-state index contributed by atoms with van der Waals surface area (Å²) < 4.78 is 6.85. The second-order valence-corrected chi connectivity index (χ2v) is 2.55. The molecular formula is C8H9N3O. The molecule has 2 aromatic rings. The fourth-order valence-corrected chi connectivity index (χ4v) is 1.10.